The molecule has 0 saturated heterocycles. The molecule has 0 radical (unpaired) electrons. The molecule has 2 heterocycles. The van der Waals surface area contributed by atoms with Gasteiger partial charge in [0.15, 0.2) is 23.2 Å². The van der Waals surface area contributed by atoms with Gasteiger partial charge in [-0.25, -0.2) is 4.98 Å². The van der Waals surface area contributed by atoms with Crippen molar-refractivity contribution in [3.63, 3.8) is 0 Å². The number of nitrogens with one attached hydrogen (secondary N) is 1. The van der Waals surface area contributed by atoms with Gasteiger partial charge in [-0.2, -0.15) is 0 Å². The molecule has 1 aromatic heterocycles. The van der Waals surface area contributed by atoms with Gasteiger partial charge < -0.3 is 9.47 Å². The monoisotopic (exact) mass is 400 g/mol. The second-order valence-electron chi connectivity index (χ2n) is 5.78. The molecule has 0 unspecified atom stereocenters. The smallest absolute Gasteiger partial charge is 0.315 e. The van der Waals surface area contributed by atoms with Crippen LogP contribution in [0.2, 0.25) is 5.02 Å². The van der Waals surface area contributed by atoms with Crippen LogP contribution in [0, 0.1) is 0 Å². The van der Waals surface area contributed by atoms with E-state index in [4.69, 9.17) is 21.1 Å². The van der Waals surface area contributed by atoms with Gasteiger partial charge in [0.05, 0.1) is 12.1 Å². The van der Waals surface area contributed by atoms with E-state index in [0.717, 1.165) is 16.8 Å². The summed E-state index contributed by atoms with van der Waals surface area (Å²) in [4.78, 5) is 27.9. The minimum atomic E-state index is -0.353. The van der Waals surface area contributed by atoms with Gasteiger partial charge in [-0.3, -0.25) is 14.9 Å². The Morgan fingerprint density at radius 1 is 1.26 bits per heavy atom. The Bertz CT molecular complexity index is 1020. The Labute approximate surface area is 163 Å². The van der Waals surface area contributed by atoms with E-state index in [9.17, 15) is 9.59 Å². The first-order valence-corrected chi connectivity index (χ1v) is 9.31. The summed E-state index contributed by atoms with van der Waals surface area (Å²) in [7, 11) is 0. The van der Waals surface area contributed by atoms with E-state index in [0.29, 0.717) is 21.7 Å². The van der Waals surface area contributed by atoms with Crippen molar-refractivity contribution in [1.29, 1.82) is 0 Å². The van der Waals surface area contributed by atoms with E-state index in [2.05, 4.69) is 10.3 Å². The largest absolute Gasteiger partial charge is 0.480 e. The third kappa shape index (κ3) is 3.94. The number of nitrogens with zero attached hydrogens (tertiary/aromatic N) is 1. The Balaban J connectivity index is 1.38. The number of fused-ring (bicyclic) bond motifs is 1. The molecule has 1 aliphatic heterocycles. The molecule has 2 aromatic carbocycles. The molecular formula is C19H13ClN2O4S. The van der Waals surface area contributed by atoms with Crippen LogP contribution in [0.1, 0.15) is 5.56 Å². The van der Waals surface area contributed by atoms with Gasteiger partial charge in [-0.05, 0) is 18.2 Å². The minimum absolute atomic E-state index is 0.214. The number of anilines is 1. The van der Waals surface area contributed by atoms with Crippen LogP contribution in [-0.2, 0) is 16.0 Å². The molecule has 27 heavy (non-hydrogen) atoms. The summed E-state index contributed by atoms with van der Waals surface area (Å²) in [5.41, 5.74) is 2.42. The fraction of sp³-hybridized carbons (Fsp3) is 0.105. The predicted octanol–water partition coefficient (Wildman–Crippen LogP) is 3.94. The summed E-state index contributed by atoms with van der Waals surface area (Å²) < 4.78 is 10.6. The number of thiazole rings is 1. The quantitative estimate of drug-likeness (QED) is 0.518. The van der Waals surface area contributed by atoms with E-state index in [1.54, 1.807) is 30.3 Å². The van der Waals surface area contributed by atoms with Crippen LogP contribution < -0.4 is 14.8 Å². The second-order valence-corrected chi connectivity index (χ2v) is 7.07. The lowest BCUT2D eigenvalue weighted by Gasteiger charge is -2.08. The van der Waals surface area contributed by atoms with Gasteiger partial charge in [0.25, 0.3) is 5.91 Å². The van der Waals surface area contributed by atoms with Gasteiger partial charge >= 0.3 is 5.97 Å². The average molecular weight is 401 g/mol. The number of benzene rings is 2. The number of carbonyl (C=O) groups excluding carboxylic acids is 2. The summed E-state index contributed by atoms with van der Waals surface area (Å²) >= 11 is 7.20. The van der Waals surface area contributed by atoms with Crippen LogP contribution in [0.4, 0.5) is 5.13 Å². The average Bonchev–Trinajstić information content (AvgIpc) is 3.26. The Morgan fingerprint density at radius 2 is 2.07 bits per heavy atom. The first-order valence-electron chi connectivity index (χ1n) is 8.05. The first kappa shape index (κ1) is 17.5. The van der Waals surface area contributed by atoms with Crippen molar-refractivity contribution in [3.8, 4) is 22.8 Å². The normalized spacial score (nSPS) is 12.4. The molecule has 0 spiro atoms. The number of hydrogen-bond acceptors (Lipinski definition) is 6. The zero-order chi connectivity index (χ0) is 18.8. The van der Waals surface area contributed by atoms with Crippen molar-refractivity contribution in [3.05, 3.63) is 58.4 Å². The summed E-state index contributed by atoms with van der Waals surface area (Å²) in [5, 5.41) is 5.67. The van der Waals surface area contributed by atoms with Gasteiger partial charge in [-0.1, -0.05) is 35.9 Å². The molecule has 0 saturated carbocycles. The standard InChI is InChI=1S/C19H13ClN2O4S/c20-13-6-4-11(5-7-13)14-10-27-19(21-14)22-16(23)9-25-15-3-1-2-12-8-17(24)26-18(12)15/h1-7,10H,8-9H2,(H,21,22,23). The molecule has 0 bridgehead atoms. The highest BCUT2D eigenvalue weighted by Gasteiger charge is 2.24. The SMILES string of the molecule is O=C(COc1cccc2c1OC(=O)C2)Nc1nc(-c2ccc(Cl)cc2)cs1. The van der Waals surface area contributed by atoms with Crippen molar-refractivity contribution in [2.24, 2.45) is 0 Å². The summed E-state index contributed by atoms with van der Waals surface area (Å²) in [5.74, 6) is 0.0704. The van der Waals surface area contributed by atoms with Crippen LogP contribution >= 0.6 is 22.9 Å². The van der Waals surface area contributed by atoms with Crippen molar-refractivity contribution in [2.45, 2.75) is 6.42 Å². The maximum atomic E-state index is 12.1. The zero-order valence-corrected chi connectivity index (χ0v) is 15.5. The summed E-state index contributed by atoms with van der Waals surface area (Å²) in [6.45, 7) is -0.218. The Hall–Kier alpha value is -2.90. The fourth-order valence-electron chi connectivity index (χ4n) is 2.62. The van der Waals surface area contributed by atoms with Crippen molar-refractivity contribution < 1.29 is 19.1 Å². The van der Waals surface area contributed by atoms with Gasteiger partial charge in [0.1, 0.15) is 0 Å². The molecular weight excluding hydrogens is 388 g/mol. The topological polar surface area (TPSA) is 77.5 Å². The highest BCUT2D eigenvalue weighted by molar-refractivity contribution is 7.14. The van der Waals surface area contributed by atoms with Crippen LogP contribution in [-0.4, -0.2) is 23.5 Å². The van der Waals surface area contributed by atoms with Crippen LogP contribution in [0.5, 0.6) is 11.5 Å². The van der Waals surface area contributed by atoms with Crippen molar-refractivity contribution in [1.82, 2.24) is 4.98 Å². The molecule has 0 fully saturated rings. The summed E-state index contributed by atoms with van der Waals surface area (Å²) in [6, 6.07) is 12.5. The lowest BCUT2D eigenvalue weighted by atomic mass is 10.1. The molecule has 1 amide bonds. The van der Waals surface area contributed by atoms with Gasteiger partial charge in [0.2, 0.25) is 0 Å². The van der Waals surface area contributed by atoms with Crippen LogP contribution in [0.3, 0.4) is 0 Å². The minimum Gasteiger partial charge on any atom is -0.480 e. The maximum absolute atomic E-state index is 12.1. The molecule has 1 aliphatic rings. The fourth-order valence-corrected chi connectivity index (χ4v) is 3.48. The second kappa shape index (κ2) is 7.38. The van der Waals surface area contributed by atoms with Crippen molar-refractivity contribution in [2.75, 3.05) is 11.9 Å². The molecule has 3 aromatic rings. The number of carbonyl (C=O) groups is 2. The van der Waals surface area contributed by atoms with E-state index < -0.39 is 0 Å². The zero-order valence-electron chi connectivity index (χ0n) is 13.9. The Morgan fingerprint density at radius 3 is 2.89 bits per heavy atom. The van der Waals surface area contributed by atoms with E-state index in [1.807, 2.05) is 17.5 Å². The summed E-state index contributed by atoms with van der Waals surface area (Å²) in [6.07, 6.45) is 0.214. The van der Waals surface area contributed by atoms with E-state index >= 15 is 0 Å². The predicted molar refractivity (Wildman–Crippen MR) is 102 cm³/mol. The number of para-hydroxylation sites is 1. The van der Waals surface area contributed by atoms with Crippen molar-refractivity contribution >= 4 is 39.9 Å². The number of amides is 1. The maximum Gasteiger partial charge on any atom is 0.315 e. The van der Waals surface area contributed by atoms with Gasteiger partial charge in [-0.15, -0.1) is 11.3 Å². The number of ether oxygens (including phenoxy) is 2. The number of rotatable bonds is 5. The molecule has 6 nitrogen and oxygen atoms in total. The third-order valence-electron chi connectivity index (χ3n) is 3.86. The van der Waals surface area contributed by atoms with Gasteiger partial charge in [0, 0.05) is 21.5 Å². The number of hydrogen-bond donors (Lipinski definition) is 1. The molecule has 0 aliphatic carbocycles. The molecule has 1 N–H and O–H groups in total. The molecule has 136 valence electrons. The highest BCUT2D eigenvalue weighted by Crippen LogP contribution is 2.35. The lowest BCUT2D eigenvalue weighted by Crippen LogP contribution is -2.20. The number of aromatic nitrogens is 1. The third-order valence-corrected chi connectivity index (χ3v) is 4.87. The highest BCUT2D eigenvalue weighted by atomic mass is 35.5. The van der Waals surface area contributed by atoms with Crippen LogP contribution in [0.25, 0.3) is 11.3 Å². The molecule has 4 rings (SSSR count). The number of halogens is 1. The Kier molecular flexibility index (Phi) is 4.79. The molecule has 0 atom stereocenters. The number of esters is 1. The van der Waals surface area contributed by atoms with E-state index in [1.165, 1.54) is 11.3 Å². The first-order chi connectivity index (χ1) is 13.1. The molecule has 8 heteroatoms. The lowest BCUT2D eigenvalue weighted by molar-refractivity contribution is -0.131. The van der Waals surface area contributed by atoms with Crippen LogP contribution in [0.15, 0.2) is 47.8 Å². The van der Waals surface area contributed by atoms with E-state index in [-0.39, 0.29) is 24.9 Å².